The molecule has 3 rings (SSSR count). The van der Waals surface area contributed by atoms with Crippen LogP contribution in [-0.2, 0) is 6.54 Å². The number of rotatable bonds is 3. The lowest BCUT2D eigenvalue weighted by Gasteiger charge is -2.32. The van der Waals surface area contributed by atoms with E-state index in [1.165, 1.54) is 18.4 Å². The molecular formula is C17H21N3. The first kappa shape index (κ1) is 13.1. The predicted octanol–water partition coefficient (Wildman–Crippen LogP) is 3.04. The Labute approximate surface area is 120 Å². The number of nitrogens with zero attached hydrogens (tertiary/aromatic N) is 2. The molecular weight excluding hydrogens is 246 g/mol. The summed E-state index contributed by atoms with van der Waals surface area (Å²) in [7, 11) is 0. The number of nitrogen functional groups attached to an aromatic ring is 1. The second kappa shape index (κ2) is 6.06. The van der Waals surface area contributed by atoms with E-state index in [2.05, 4.69) is 34.1 Å². The molecule has 0 amide bonds. The second-order valence-electron chi connectivity index (χ2n) is 5.50. The fourth-order valence-corrected chi connectivity index (χ4v) is 3.01. The first-order valence-corrected chi connectivity index (χ1v) is 7.29. The van der Waals surface area contributed by atoms with E-state index in [0.717, 1.165) is 31.0 Å². The summed E-state index contributed by atoms with van der Waals surface area (Å²) in [4.78, 5) is 6.89. The molecule has 1 aliphatic rings. The Hall–Kier alpha value is -1.87. The van der Waals surface area contributed by atoms with Crippen molar-refractivity contribution in [1.82, 2.24) is 9.88 Å². The Morgan fingerprint density at radius 3 is 2.50 bits per heavy atom. The Bertz CT molecular complexity index is 545. The maximum Gasteiger partial charge on any atom is 0.0543 e. The summed E-state index contributed by atoms with van der Waals surface area (Å²) in [5.74, 6) is 0.608. The molecule has 20 heavy (non-hydrogen) atoms. The number of anilines is 1. The summed E-state index contributed by atoms with van der Waals surface area (Å²) in [6.45, 7) is 3.20. The van der Waals surface area contributed by atoms with Gasteiger partial charge in [0.25, 0.3) is 0 Å². The van der Waals surface area contributed by atoms with Gasteiger partial charge < -0.3 is 5.73 Å². The highest BCUT2D eigenvalue weighted by atomic mass is 15.1. The Morgan fingerprint density at radius 1 is 1.05 bits per heavy atom. The van der Waals surface area contributed by atoms with E-state index >= 15 is 0 Å². The fraction of sp³-hybridized carbons (Fsp3) is 0.353. The topological polar surface area (TPSA) is 42.1 Å². The van der Waals surface area contributed by atoms with E-state index < -0.39 is 0 Å². The quantitative estimate of drug-likeness (QED) is 0.869. The number of nitrogens with two attached hydrogens (primary N) is 1. The second-order valence-corrected chi connectivity index (χ2v) is 5.50. The minimum absolute atomic E-state index is 0.608. The van der Waals surface area contributed by atoms with Crippen molar-refractivity contribution in [3.05, 3.63) is 59.9 Å². The molecule has 1 saturated heterocycles. The fourth-order valence-electron chi connectivity index (χ4n) is 3.01. The van der Waals surface area contributed by atoms with Gasteiger partial charge >= 0.3 is 0 Å². The monoisotopic (exact) mass is 267 g/mol. The van der Waals surface area contributed by atoms with Gasteiger partial charge in [-0.2, -0.15) is 0 Å². The van der Waals surface area contributed by atoms with Crippen LogP contribution in [0.3, 0.4) is 0 Å². The van der Waals surface area contributed by atoms with Gasteiger partial charge in [-0.1, -0.05) is 24.3 Å². The number of hydrogen-bond acceptors (Lipinski definition) is 3. The van der Waals surface area contributed by atoms with Crippen molar-refractivity contribution in [3.63, 3.8) is 0 Å². The largest absolute Gasteiger partial charge is 0.398 e. The summed E-state index contributed by atoms with van der Waals surface area (Å²) in [5.41, 5.74) is 9.51. The average Bonchev–Trinajstić information content (AvgIpc) is 2.50. The maximum absolute atomic E-state index is 6.09. The number of hydrogen-bond donors (Lipinski definition) is 1. The molecule has 104 valence electrons. The zero-order valence-corrected chi connectivity index (χ0v) is 11.7. The first-order chi connectivity index (χ1) is 9.83. The zero-order valence-electron chi connectivity index (χ0n) is 11.7. The van der Waals surface area contributed by atoms with Crippen LogP contribution in [0.2, 0.25) is 0 Å². The van der Waals surface area contributed by atoms with Crippen LogP contribution in [0.4, 0.5) is 5.69 Å². The Morgan fingerprint density at radius 2 is 1.80 bits per heavy atom. The molecule has 0 atom stereocenters. The number of likely N-dealkylation sites (tertiary alicyclic amines) is 1. The van der Waals surface area contributed by atoms with Crippen molar-refractivity contribution in [3.8, 4) is 0 Å². The number of aromatic nitrogens is 1. The van der Waals surface area contributed by atoms with Gasteiger partial charge in [0, 0.05) is 18.4 Å². The van der Waals surface area contributed by atoms with E-state index in [9.17, 15) is 0 Å². The maximum atomic E-state index is 6.09. The first-order valence-electron chi connectivity index (χ1n) is 7.29. The van der Waals surface area contributed by atoms with Crippen LogP contribution in [-0.4, -0.2) is 23.0 Å². The lowest BCUT2D eigenvalue weighted by molar-refractivity contribution is 0.203. The van der Waals surface area contributed by atoms with Crippen molar-refractivity contribution in [1.29, 1.82) is 0 Å². The highest BCUT2D eigenvalue weighted by Gasteiger charge is 2.21. The third-order valence-corrected chi connectivity index (χ3v) is 4.14. The van der Waals surface area contributed by atoms with Crippen molar-refractivity contribution >= 4 is 5.69 Å². The molecule has 0 saturated carbocycles. The average molecular weight is 267 g/mol. The molecule has 0 aliphatic carbocycles. The molecule has 1 fully saturated rings. The summed E-state index contributed by atoms with van der Waals surface area (Å²) in [6, 6.07) is 14.4. The van der Waals surface area contributed by atoms with Gasteiger partial charge in [0.05, 0.1) is 5.69 Å². The smallest absolute Gasteiger partial charge is 0.0543 e. The molecule has 3 heteroatoms. The summed E-state index contributed by atoms with van der Waals surface area (Å²) in [5, 5.41) is 0. The minimum atomic E-state index is 0.608. The van der Waals surface area contributed by atoms with E-state index in [-0.39, 0.29) is 0 Å². The standard InChI is InChI=1S/C17H21N3/c18-17-7-2-1-6-16(17)14-8-11-20(12-9-14)13-15-5-3-4-10-19-15/h1-7,10,14H,8-9,11-13,18H2. The van der Waals surface area contributed by atoms with Gasteiger partial charge in [-0.3, -0.25) is 9.88 Å². The number of pyridine rings is 1. The van der Waals surface area contributed by atoms with E-state index in [1.807, 2.05) is 24.4 Å². The summed E-state index contributed by atoms with van der Waals surface area (Å²) >= 11 is 0. The SMILES string of the molecule is Nc1ccccc1C1CCN(Cc2ccccn2)CC1. The molecule has 1 aliphatic heterocycles. The predicted molar refractivity (Wildman–Crippen MR) is 82.3 cm³/mol. The Balaban J connectivity index is 1.59. The molecule has 0 radical (unpaired) electrons. The normalized spacial score (nSPS) is 17.2. The molecule has 2 aromatic rings. The van der Waals surface area contributed by atoms with E-state index in [0.29, 0.717) is 5.92 Å². The van der Waals surface area contributed by atoms with Crippen molar-refractivity contribution in [2.45, 2.75) is 25.3 Å². The van der Waals surface area contributed by atoms with Gasteiger partial charge in [-0.25, -0.2) is 0 Å². The van der Waals surface area contributed by atoms with E-state index in [1.54, 1.807) is 0 Å². The third kappa shape index (κ3) is 2.99. The van der Waals surface area contributed by atoms with Gasteiger partial charge in [-0.15, -0.1) is 0 Å². The molecule has 2 heterocycles. The highest BCUT2D eigenvalue weighted by Crippen LogP contribution is 2.31. The van der Waals surface area contributed by atoms with E-state index in [4.69, 9.17) is 5.73 Å². The lowest BCUT2D eigenvalue weighted by Crippen LogP contribution is -2.32. The summed E-state index contributed by atoms with van der Waals surface area (Å²) in [6.07, 6.45) is 4.23. The molecule has 0 bridgehead atoms. The molecule has 2 N–H and O–H groups in total. The van der Waals surface area contributed by atoms with Crippen LogP contribution in [0.15, 0.2) is 48.7 Å². The van der Waals surface area contributed by atoms with Crippen LogP contribution in [0.5, 0.6) is 0 Å². The molecule has 1 aromatic heterocycles. The number of para-hydroxylation sites is 1. The van der Waals surface area contributed by atoms with Gasteiger partial charge in [0.2, 0.25) is 0 Å². The van der Waals surface area contributed by atoms with Gasteiger partial charge in [0.15, 0.2) is 0 Å². The van der Waals surface area contributed by atoms with Crippen LogP contribution < -0.4 is 5.73 Å². The summed E-state index contributed by atoms with van der Waals surface area (Å²) < 4.78 is 0. The van der Waals surface area contributed by atoms with Crippen LogP contribution in [0.1, 0.15) is 30.0 Å². The number of piperidine rings is 1. The van der Waals surface area contributed by atoms with Crippen molar-refractivity contribution in [2.75, 3.05) is 18.8 Å². The minimum Gasteiger partial charge on any atom is -0.398 e. The van der Waals surface area contributed by atoms with Crippen molar-refractivity contribution < 1.29 is 0 Å². The van der Waals surface area contributed by atoms with Crippen LogP contribution >= 0.6 is 0 Å². The lowest BCUT2D eigenvalue weighted by atomic mass is 9.88. The molecule has 3 nitrogen and oxygen atoms in total. The van der Waals surface area contributed by atoms with Gasteiger partial charge in [-0.05, 0) is 55.6 Å². The third-order valence-electron chi connectivity index (χ3n) is 4.14. The van der Waals surface area contributed by atoms with Gasteiger partial charge in [0.1, 0.15) is 0 Å². The van der Waals surface area contributed by atoms with Crippen molar-refractivity contribution in [2.24, 2.45) is 0 Å². The molecule has 0 spiro atoms. The zero-order chi connectivity index (χ0) is 13.8. The highest BCUT2D eigenvalue weighted by molar-refractivity contribution is 5.48. The van der Waals surface area contributed by atoms with Crippen LogP contribution in [0.25, 0.3) is 0 Å². The number of benzene rings is 1. The molecule has 1 aromatic carbocycles. The Kier molecular flexibility index (Phi) is 3.97. The molecule has 0 unspecified atom stereocenters. The van der Waals surface area contributed by atoms with Crippen LogP contribution in [0, 0.1) is 0 Å².